The largest absolute Gasteiger partial charge is 0.478 e. The van der Waals surface area contributed by atoms with Crippen LogP contribution in [0.4, 0.5) is 11.4 Å². The number of carboxylic acids is 1. The van der Waals surface area contributed by atoms with Crippen LogP contribution in [0.25, 0.3) is 6.08 Å². The predicted octanol–water partition coefficient (Wildman–Crippen LogP) is 5.81. The second kappa shape index (κ2) is 8.62. The number of amides is 1. The normalized spacial score (nSPS) is 16.3. The summed E-state index contributed by atoms with van der Waals surface area (Å²) in [4.78, 5) is 31.4. The molecule has 0 aliphatic carbocycles. The molecule has 6 heteroatoms. The molecule has 1 N–H and O–H groups in total. The molecule has 1 aliphatic rings. The molecule has 1 aliphatic heterocycles. The van der Waals surface area contributed by atoms with E-state index in [2.05, 4.69) is 0 Å². The van der Waals surface area contributed by atoms with E-state index in [4.69, 9.17) is 10.1 Å². The van der Waals surface area contributed by atoms with Crippen molar-refractivity contribution in [2.24, 2.45) is 4.99 Å². The van der Waals surface area contributed by atoms with Crippen LogP contribution in [0.3, 0.4) is 0 Å². The summed E-state index contributed by atoms with van der Waals surface area (Å²) in [6.07, 6.45) is 1.77. The number of aromatic carboxylic acids is 1. The Labute approximate surface area is 184 Å². The van der Waals surface area contributed by atoms with Gasteiger partial charge in [0.05, 0.1) is 21.8 Å². The van der Waals surface area contributed by atoms with E-state index in [1.165, 1.54) is 23.9 Å². The fourth-order valence-electron chi connectivity index (χ4n) is 3.24. The van der Waals surface area contributed by atoms with Crippen molar-refractivity contribution >= 4 is 46.3 Å². The molecule has 0 radical (unpaired) electrons. The maximum atomic E-state index is 13.4. The van der Waals surface area contributed by atoms with Gasteiger partial charge in [0, 0.05) is 0 Å². The molecule has 0 aromatic heterocycles. The number of aliphatic imine (C=N–C) groups is 1. The first-order valence-electron chi connectivity index (χ1n) is 9.71. The van der Waals surface area contributed by atoms with Crippen LogP contribution in [0.5, 0.6) is 0 Å². The summed E-state index contributed by atoms with van der Waals surface area (Å²) >= 11 is 1.31. The number of benzene rings is 3. The van der Waals surface area contributed by atoms with Crippen LogP contribution in [-0.2, 0) is 4.79 Å². The summed E-state index contributed by atoms with van der Waals surface area (Å²) < 4.78 is 0. The zero-order valence-corrected chi connectivity index (χ0v) is 17.9. The maximum Gasteiger partial charge on any atom is 0.335 e. The number of rotatable bonds is 4. The van der Waals surface area contributed by atoms with Crippen molar-refractivity contribution in [3.63, 3.8) is 0 Å². The number of carbonyl (C=O) groups is 2. The van der Waals surface area contributed by atoms with Crippen molar-refractivity contribution in [3.05, 3.63) is 100.0 Å². The van der Waals surface area contributed by atoms with Crippen molar-refractivity contribution in [2.45, 2.75) is 13.8 Å². The van der Waals surface area contributed by atoms with Gasteiger partial charge in [-0.15, -0.1) is 0 Å². The second-order valence-corrected chi connectivity index (χ2v) is 8.15. The predicted molar refractivity (Wildman–Crippen MR) is 126 cm³/mol. The average Bonchev–Trinajstić information content (AvgIpc) is 3.05. The number of anilines is 1. The van der Waals surface area contributed by atoms with Gasteiger partial charge in [-0.25, -0.2) is 9.79 Å². The lowest BCUT2D eigenvalue weighted by Gasteiger charge is -2.18. The van der Waals surface area contributed by atoms with Crippen molar-refractivity contribution in [1.82, 2.24) is 0 Å². The van der Waals surface area contributed by atoms with Gasteiger partial charge < -0.3 is 5.11 Å². The summed E-state index contributed by atoms with van der Waals surface area (Å²) in [5.74, 6) is -1.14. The van der Waals surface area contributed by atoms with Crippen LogP contribution in [0.2, 0.25) is 0 Å². The molecule has 1 saturated heterocycles. The Morgan fingerprint density at radius 2 is 1.58 bits per heavy atom. The average molecular weight is 429 g/mol. The van der Waals surface area contributed by atoms with E-state index < -0.39 is 5.97 Å². The quantitative estimate of drug-likeness (QED) is 0.532. The van der Waals surface area contributed by atoms with Crippen LogP contribution in [0.15, 0.2) is 82.7 Å². The first-order chi connectivity index (χ1) is 14.9. The number of hydrogen-bond acceptors (Lipinski definition) is 4. The lowest BCUT2D eigenvalue weighted by atomic mass is 10.1. The van der Waals surface area contributed by atoms with Crippen molar-refractivity contribution in [3.8, 4) is 0 Å². The van der Waals surface area contributed by atoms with E-state index in [1.54, 1.807) is 23.1 Å². The Balaban J connectivity index is 1.78. The van der Waals surface area contributed by atoms with E-state index >= 15 is 0 Å². The van der Waals surface area contributed by atoms with Crippen LogP contribution >= 0.6 is 11.8 Å². The van der Waals surface area contributed by atoms with E-state index in [1.807, 2.05) is 62.4 Å². The number of aryl methyl sites for hydroxylation is 2. The Kier molecular flexibility index (Phi) is 5.73. The molecule has 154 valence electrons. The minimum Gasteiger partial charge on any atom is -0.478 e. The molecule has 4 rings (SSSR count). The highest BCUT2D eigenvalue weighted by Gasteiger charge is 2.35. The molecule has 3 aromatic rings. The topological polar surface area (TPSA) is 70.0 Å². The Hall–Kier alpha value is -3.64. The fraction of sp³-hybridized carbons (Fsp3) is 0.0800. The Bertz CT molecular complexity index is 1230. The monoisotopic (exact) mass is 428 g/mol. The van der Waals surface area contributed by atoms with E-state index in [9.17, 15) is 9.59 Å². The molecular weight excluding hydrogens is 408 g/mol. The highest BCUT2D eigenvalue weighted by Crippen LogP contribution is 2.38. The molecular formula is C25H20N2O3S. The highest BCUT2D eigenvalue weighted by atomic mass is 32.2. The highest BCUT2D eigenvalue weighted by molar-refractivity contribution is 8.19. The molecule has 0 saturated carbocycles. The summed E-state index contributed by atoms with van der Waals surface area (Å²) in [6, 6.07) is 21.9. The Morgan fingerprint density at radius 1 is 0.935 bits per heavy atom. The van der Waals surface area contributed by atoms with Gasteiger partial charge in [0.25, 0.3) is 5.91 Å². The SMILES string of the molecule is Cc1ccccc1N=C1S/C(=C\c2ccc(C(=O)O)cc2)C(=O)N1c1ccccc1C. The molecule has 0 atom stereocenters. The summed E-state index contributed by atoms with van der Waals surface area (Å²) in [6.45, 7) is 3.95. The zero-order chi connectivity index (χ0) is 22.0. The van der Waals surface area contributed by atoms with Gasteiger partial charge in [0.15, 0.2) is 5.17 Å². The van der Waals surface area contributed by atoms with Crippen LogP contribution in [0, 0.1) is 13.8 Å². The minimum atomic E-state index is -0.983. The third-order valence-electron chi connectivity index (χ3n) is 4.95. The molecule has 3 aromatic carbocycles. The van der Waals surface area contributed by atoms with E-state index in [0.717, 1.165) is 28.1 Å². The first kappa shape index (κ1) is 20.6. The van der Waals surface area contributed by atoms with Gasteiger partial charge in [-0.1, -0.05) is 48.5 Å². The molecule has 0 spiro atoms. The van der Waals surface area contributed by atoms with Gasteiger partial charge in [-0.2, -0.15) is 0 Å². The molecule has 31 heavy (non-hydrogen) atoms. The van der Waals surface area contributed by atoms with Gasteiger partial charge in [0.2, 0.25) is 0 Å². The fourth-order valence-corrected chi connectivity index (χ4v) is 4.23. The second-order valence-electron chi connectivity index (χ2n) is 7.15. The molecule has 0 bridgehead atoms. The molecule has 1 fully saturated rings. The van der Waals surface area contributed by atoms with E-state index in [-0.39, 0.29) is 11.5 Å². The number of thioether (sulfide) groups is 1. The summed E-state index contributed by atoms with van der Waals surface area (Å²) in [5.41, 5.74) is 4.55. The molecule has 0 unspecified atom stereocenters. The van der Waals surface area contributed by atoms with Crippen molar-refractivity contribution < 1.29 is 14.7 Å². The third kappa shape index (κ3) is 4.29. The van der Waals surface area contributed by atoms with Crippen molar-refractivity contribution in [1.29, 1.82) is 0 Å². The smallest absolute Gasteiger partial charge is 0.335 e. The lowest BCUT2D eigenvalue weighted by molar-refractivity contribution is -0.113. The number of nitrogens with zero attached hydrogens (tertiary/aromatic N) is 2. The zero-order valence-electron chi connectivity index (χ0n) is 17.1. The van der Waals surface area contributed by atoms with Crippen LogP contribution < -0.4 is 4.90 Å². The Morgan fingerprint density at radius 3 is 2.23 bits per heavy atom. The van der Waals surface area contributed by atoms with Crippen LogP contribution in [-0.4, -0.2) is 22.2 Å². The van der Waals surface area contributed by atoms with Gasteiger partial charge in [-0.3, -0.25) is 9.69 Å². The van der Waals surface area contributed by atoms with Gasteiger partial charge >= 0.3 is 5.97 Å². The van der Waals surface area contributed by atoms with Gasteiger partial charge in [0.1, 0.15) is 0 Å². The summed E-state index contributed by atoms with van der Waals surface area (Å²) in [7, 11) is 0. The minimum absolute atomic E-state index is 0.158. The number of carbonyl (C=O) groups excluding carboxylic acids is 1. The van der Waals surface area contributed by atoms with Crippen molar-refractivity contribution in [2.75, 3.05) is 4.90 Å². The first-order valence-corrected chi connectivity index (χ1v) is 10.5. The molecule has 1 amide bonds. The lowest BCUT2D eigenvalue weighted by Crippen LogP contribution is -2.29. The van der Waals surface area contributed by atoms with Gasteiger partial charge in [-0.05, 0) is 72.6 Å². The maximum absolute atomic E-state index is 13.4. The molecule has 1 heterocycles. The number of amidine groups is 1. The van der Waals surface area contributed by atoms with E-state index in [0.29, 0.717) is 10.1 Å². The number of hydrogen-bond donors (Lipinski definition) is 1. The number of para-hydroxylation sites is 2. The molecule has 5 nitrogen and oxygen atoms in total. The number of carboxylic acid groups (broad SMARTS) is 1. The standard InChI is InChI=1S/C25H20N2O3S/c1-16-7-3-5-9-20(16)26-25-27(21-10-6-4-8-17(21)2)23(28)22(31-25)15-18-11-13-19(14-12-18)24(29)30/h3-15H,1-2H3,(H,29,30)/b22-15-,26-25?. The van der Waals surface area contributed by atoms with Crippen LogP contribution in [0.1, 0.15) is 27.0 Å². The third-order valence-corrected chi connectivity index (χ3v) is 5.92. The summed E-state index contributed by atoms with van der Waals surface area (Å²) in [5, 5.41) is 9.68.